The molecule has 4 rings (SSSR count). The van der Waals surface area contributed by atoms with Crippen LogP contribution in [0.15, 0.2) is 84.9 Å². The van der Waals surface area contributed by atoms with Crippen molar-refractivity contribution in [1.82, 2.24) is 0 Å². The molecule has 0 saturated carbocycles. The number of phenolic OH excluding ortho intramolecular Hbond substituents is 2. The van der Waals surface area contributed by atoms with Gasteiger partial charge in [-0.05, 0) is 36.4 Å². The van der Waals surface area contributed by atoms with E-state index in [1.54, 1.807) is 24.3 Å². The van der Waals surface area contributed by atoms with Gasteiger partial charge in [0.1, 0.15) is 5.82 Å². The second-order valence-electron chi connectivity index (χ2n) is 7.93. The fourth-order valence-corrected chi connectivity index (χ4v) is 3.75. The monoisotopic (exact) mass is 514 g/mol. The number of phenols is 2. The van der Waals surface area contributed by atoms with E-state index in [4.69, 9.17) is 9.47 Å². The summed E-state index contributed by atoms with van der Waals surface area (Å²) in [7, 11) is 0.977. The van der Waals surface area contributed by atoms with Crippen molar-refractivity contribution in [2.24, 2.45) is 0 Å². The minimum atomic E-state index is -1.23. The van der Waals surface area contributed by atoms with Gasteiger partial charge < -0.3 is 19.7 Å². The van der Waals surface area contributed by atoms with Gasteiger partial charge in [-0.3, -0.25) is 9.59 Å². The number of ketones is 2. The largest absolute Gasteiger partial charge is 0.504 e. The van der Waals surface area contributed by atoms with E-state index in [1.807, 2.05) is 0 Å². The molecule has 0 saturated heterocycles. The second-order valence-corrected chi connectivity index (χ2v) is 7.93. The summed E-state index contributed by atoms with van der Waals surface area (Å²) in [5.41, 5.74) is -2.36. The molecule has 4 aromatic carbocycles. The molecule has 4 aromatic rings. The third-order valence-corrected chi connectivity index (χ3v) is 5.59. The molecule has 0 radical (unpaired) electrons. The predicted molar refractivity (Wildman–Crippen MR) is 132 cm³/mol. The van der Waals surface area contributed by atoms with E-state index < -0.39 is 63.3 Å². The number of hydrogen-bond acceptors (Lipinski definition) is 8. The van der Waals surface area contributed by atoms with Crippen molar-refractivity contribution in [2.45, 2.75) is 0 Å². The zero-order chi connectivity index (χ0) is 27.4. The molecule has 38 heavy (non-hydrogen) atoms. The first-order chi connectivity index (χ1) is 18.2. The number of halogens is 1. The maximum atomic E-state index is 13.7. The van der Waals surface area contributed by atoms with Crippen LogP contribution in [0.1, 0.15) is 52.6 Å². The number of hydrogen-bond donors (Lipinski definition) is 2. The fraction of sp³-hybridized carbons (Fsp3) is 0.0345. The topological polar surface area (TPSA) is 127 Å². The van der Waals surface area contributed by atoms with Gasteiger partial charge in [0, 0.05) is 11.1 Å². The first-order valence-electron chi connectivity index (χ1n) is 11.1. The minimum absolute atomic E-state index is 0.0153. The summed E-state index contributed by atoms with van der Waals surface area (Å²) in [6.45, 7) is 0. The van der Waals surface area contributed by atoms with Crippen LogP contribution in [0.5, 0.6) is 17.2 Å². The average molecular weight is 514 g/mol. The number of esters is 2. The van der Waals surface area contributed by atoms with Gasteiger partial charge in [-0.2, -0.15) is 0 Å². The normalized spacial score (nSPS) is 10.5. The van der Waals surface area contributed by atoms with Gasteiger partial charge in [-0.15, -0.1) is 0 Å². The molecule has 2 N–H and O–H groups in total. The van der Waals surface area contributed by atoms with Crippen LogP contribution >= 0.6 is 0 Å². The number of benzene rings is 4. The van der Waals surface area contributed by atoms with Gasteiger partial charge in [0.2, 0.25) is 5.75 Å². The highest BCUT2D eigenvalue weighted by molar-refractivity contribution is 6.24. The number of rotatable bonds is 7. The average Bonchev–Trinajstić information content (AvgIpc) is 2.95. The van der Waals surface area contributed by atoms with Crippen molar-refractivity contribution >= 4 is 23.5 Å². The molecule has 9 heteroatoms. The van der Waals surface area contributed by atoms with Crippen LogP contribution in [0.3, 0.4) is 0 Å². The summed E-state index contributed by atoms with van der Waals surface area (Å²) in [5, 5.41) is 21.8. The maximum Gasteiger partial charge on any atom is 0.343 e. The molecule has 0 aliphatic rings. The molecule has 0 heterocycles. The zero-order valence-corrected chi connectivity index (χ0v) is 19.8. The van der Waals surface area contributed by atoms with Gasteiger partial charge in [0.25, 0.3) is 0 Å². The first kappa shape index (κ1) is 25.8. The van der Waals surface area contributed by atoms with E-state index in [1.165, 1.54) is 36.4 Å². The van der Waals surface area contributed by atoms with E-state index in [0.29, 0.717) is 0 Å². The highest BCUT2D eigenvalue weighted by atomic mass is 19.1. The predicted octanol–water partition coefficient (Wildman–Crippen LogP) is 4.70. The molecule has 190 valence electrons. The Balaban J connectivity index is 2.04. The highest BCUT2D eigenvalue weighted by Crippen LogP contribution is 2.46. The van der Waals surface area contributed by atoms with Crippen LogP contribution in [0.2, 0.25) is 0 Å². The van der Waals surface area contributed by atoms with E-state index >= 15 is 0 Å². The van der Waals surface area contributed by atoms with Gasteiger partial charge in [-0.25, -0.2) is 14.0 Å². The van der Waals surface area contributed by atoms with E-state index in [2.05, 4.69) is 0 Å². The number of methoxy groups -OCH3 is 1. The molecule has 0 aliphatic carbocycles. The Hall–Kier alpha value is -5.31. The molecule has 0 amide bonds. The molecule has 8 nitrogen and oxygen atoms in total. The van der Waals surface area contributed by atoms with Gasteiger partial charge in [0.05, 0.1) is 29.4 Å². The molecule has 0 atom stereocenters. The molecule has 0 bridgehead atoms. The molecule has 0 aliphatic heterocycles. The maximum absolute atomic E-state index is 13.7. The van der Waals surface area contributed by atoms with Crippen LogP contribution in [-0.4, -0.2) is 40.8 Å². The quantitative estimate of drug-likeness (QED) is 0.157. The van der Waals surface area contributed by atoms with E-state index in [0.717, 1.165) is 31.4 Å². The standard InChI is InChI=1S/C29H19FO8/c1-37-29(36)20-21(23(31)16-8-4-2-5-9-16)25(33)26(34)27(38-28(35)18-10-6-3-7-11-18)22(20)24(32)17-12-14-19(30)15-13-17/h2-15,33-34H,1H3. The lowest BCUT2D eigenvalue weighted by molar-refractivity contribution is 0.0589. The smallest absolute Gasteiger partial charge is 0.343 e. The molecule has 0 unspecified atom stereocenters. The van der Waals surface area contributed by atoms with Gasteiger partial charge >= 0.3 is 11.9 Å². The number of carbonyl (C=O) groups excluding carboxylic acids is 4. The summed E-state index contributed by atoms with van der Waals surface area (Å²) in [6.07, 6.45) is 0. The molecule has 0 aromatic heterocycles. The summed E-state index contributed by atoms with van der Waals surface area (Å²) in [6, 6.07) is 19.2. The van der Waals surface area contributed by atoms with Gasteiger partial charge in [-0.1, -0.05) is 48.5 Å². The van der Waals surface area contributed by atoms with E-state index in [9.17, 15) is 33.8 Å². The first-order valence-corrected chi connectivity index (χ1v) is 11.1. The summed E-state index contributed by atoms with van der Waals surface area (Å²) >= 11 is 0. The Bertz CT molecular complexity index is 1550. The van der Waals surface area contributed by atoms with Crippen molar-refractivity contribution in [3.63, 3.8) is 0 Å². The Morgan fingerprint density at radius 2 is 1.11 bits per heavy atom. The van der Waals surface area contributed by atoms with Crippen molar-refractivity contribution < 1.29 is 43.3 Å². The second kappa shape index (κ2) is 10.8. The Labute approximate surface area is 215 Å². The fourth-order valence-electron chi connectivity index (χ4n) is 3.75. The van der Waals surface area contributed by atoms with Crippen LogP contribution in [0.25, 0.3) is 0 Å². The SMILES string of the molecule is COC(=O)c1c(C(=O)c2ccccc2)c(O)c(O)c(OC(=O)c2ccccc2)c1C(=O)c1ccc(F)cc1. The Morgan fingerprint density at radius 3 is 1.66 bits per heavy atom. The van der Waals surface area contributed by atoms with Crippen molar-refractivity contribution in [3.8, 4) is 17.2 Å². The molecular formula is C29H19FO8. The summed E-state index contributed by atoms with van der Waals surface area (Å²) in [5.74, 6) is -7.98. The third-order valence-electron chi connectivity index (χ3n) is 5.59. The van der Waals surface area contributed by atoms with E-state index in [-0.39, 0.29) is 16.7 Å². The van der Waals surface area contributed by atoms with Gasteiger partial charge in [0.15, 0.2) is 23.1 Å². The third kappa shape index (κ3) is 4.85. The number of aromatic hydroxyl groups is 2. The van der Waals surface area contributed by atoms with Crippen molar-refractivity contribution in [2.75, 3.05) is 7.11 Å². The Kier molecular flexibility index (Phi) is 7.29. The molecular weight excluding hydrogens is 495 g/mol. The lowest BCUT2D eigenvalue weighted by atomic mass is 9.88. The van der Waals surface area contributed by atoms with Crippen molar-refractivity contribution in [3.05, 3.63) is 124 Å². The summed E-state index contributed by atoms with van der Waals surface area (Å²) in [4.78, 5) is 53.0. The van der Waals surface area contributed by atoms with Crippen molar-refractivity contribution in [1.29, 1.82) is 0 Å². The highest BCUT2D eigenvalue weighted by Gasteiger charge is 2.37. The van der Waals surface area contributed by atoms with Crippen LogP contribution in [-0.2, 0) is 4.74 Å². The van der Waals surface area contributed by atoms with Crippen LogP contribution in [0, 0.1) is 5.82 Å². The number of carbonyl (C=O) groups is 4. The zero-order valence-electron chi connectivity index (χ0n) is 19.8. The number of ether oxygens (including phenoxy) is 2. The molecule has 0 fully saturated rings. The molecule has 0 spiro atoms. The van der Waals surface area contributed by atoms with Crippen LogP contribution in [0.4, 0.5) is 4.39 Å². The minimum Gasteiger partial charge on any atom is -0.504 e. The summed E-state index contributed by atoms with van der Waals surface area (Å²) < 4.78 is 23.7. The van der Waals surface area contributed by atoms with Crippen LogP contribution < -0.4 is 4.74 Å². The lowest BCUT2D eigenvalue weighted by Gasteiger charge is -2.19. The Morgan fingerprint density at radius 1 is 0.605 bits per heavy atom. The lowest BCUT2D eigenvalue weighted by Crippen LogP contribution is -2.21.